The third kappa shape index (κ3) is 7.46. The number of hydrogen-bond donors (Lipinski definition) is 2. The van der Waals surface area contributed by atoms with E-state index in [9.17, 15) is 22.0 Å². The summed E-state index contributed by atoms with van der Waals surface area (Å²) in [6.07, 6.45) is 0.339. The molecule has 0 heterocycles. The van der Waals surface area contributed by atoms with Crippen molar-refractivity contribution in [2.75, 3.05) is 33.9 Å². The van der Waals surface area contributed by atoms with Gasteiger partial charge in [-0.05, 0) is 42.3 Å². The van der Waals surface area contributed by atoms with E-state index >= 15 is 0 Å². The third-order valence-corrected chi connectivity index (χ3v) is 5.61. The van der Waals surface area contributed by atoms with Crippen molar-refractivity contribution in [3.8, 4) is 11.5 Å². The van der Waals surface area contributed by atoms with Crippen molar-refractivity contribution in [2.24, 2.45) is 0 Å². The Morgan fingerprint density at radius 3 is 2.52 bits per heavy atom. The average Bonchev–Trinajstić information content (AvgIpc) is 2.73. The maximum absolute atomic E-state index is 12.5. The van der Waals surface area contributed by atoms with E-state index in [0.29, 0.717) is 12.0 Å². The van der Waals surface area contributed by atoms with Gasteiger partial charge in [0.2, 0.25) is 10.0 Å². The van der Waals surface area contributed by atoms with Crippen LogP contribution in [0.2, 0.25) is 0 Å². The molecule has 0 unspecified atom stereocenters. The van der Waals surface area contributed by atoms with Crippen LogP contribution in [0.5, 0.6) is 11.5 Å². The van der Waals surface area contributed by atoms with E-state index in [1.807, 2.05) is 0 Å². The summed E-state index contributed by atoms with van der Waals surface area (Å²) in [5.74, 6) is -0.392. The van der Waals surface area contributed by atoms with Crippen molar-refractivity contribution in [2.45, 2.75) is 17.9 Å². The van der Waals surface area contributed by atoms with Gasteiger partial charge < -0.3 is 19.5 Å². The minimum atomic E-state index is -3.77. The molecule has 1 amide bonds. The molecule has 0 aliphatic heterocycles. The zero-order chi connectivity index (χ0) is 22.9. The number of rotatable bonds is 12. The Hall–Kier alpha value is -2.76. The third-order valence-electron chi connectivity index (χ3n) is 4.15. The number of carbonyl (C=O) groups is 1. The zero-order valence-corrected chi connectivity index (χ0v) is 17.9. The molecule has 8 nitrogen and oxygen atoms in total. The topological polar surface area (TPSA) is 103 Å². The monoisotopic (exact) mass is 458 g/mol. The Morgan fingerprint density at radius 1 is 1.06 bits per heavy atom. The lowest BCUT2D eigenvalue weighted by Crippen LogP contribution is -2.28. The fourth-order valence-electron chi connectivity index (χ4n) is 2.65. The molecule has 0 saturated carbocycles. The lowest BCUT2D eigenvalue weighted by Gasteiger charge is -2.12. The van der Waals surface area contributed by atoms with Gasteiger partial charge in [-0.25, -0.2) is 13.1 Å². The predicted octanol–water partition coefficient (Wildman–Crippen LogP) is 2.19. The highest BCUT2D eigenvalue weighted by Gasteiger charge is 2.16. The number of amides is 1. The molecular weight excluding hydrogens is 434 g/mol. The van der Waals surface area contributed by atoms with E-state index in [4.69, 9.17) is 9.47 Å². The van der Waals surface area contributed by atoms with E-state index in [2.05, 4.69) is 14.8 Å². The fraction of sp³-hybridized carbons (Fsp3) is 0.350. The maximum Gasteiger partial charge on any atom is 0.387 e. The number of methoxy groups -OCH3 is 2. The minimum absolute atomic E-state index is 0.0415. The van der Waals surface area contributed by atoms with Crippen LogP contribution >= 0.6 is 0 Å². The van der Waals surface area contributed by atoms with E-state index in [1.54, 1.807) is 6.07 Å². The summed E-state index contributed by atoms with van der Waals surface area (Å²) in [4.78, 5) is 12.4. The Bertz CT molecular complexity index is 985. The summed E-state index contributed by atoms with van der Waals surface area (Å²) in [7, 11) is -0.972. The lowest BCUT2D eigenvalue weighted by molar-refractivity contribution is -0.0512. The number of carbonyl (C=O) groups excluding carboxylic acids is 1. The summed E-state index contributed by atoms with van der Waals surface area (Å²) >= 11 is 0. The van der Waals surface area contributed by atoms with Crippen LogP contribution < -0.4 is 19.5 Å². The van der Waals surface area contributed by atoms with Crippen LogP contribution in [0.25, 0.3) is 0 Å². The highest BCUT2D eigenvalue weighted by molar-refractivity contribution is 7.89. The van der Waals surface area contributed by atoms with Gasteiger partial charge in [-0.1, -0.05) is 12.1 Å². The molecule has 2 aromatic rings. The molecular formula is C20H24F2N2O6S. The highest BCUT2D eigenvalue weighted by atomic mass is 32.2. The molecule has 0 saturated heterocycles. The fourth-order valence-corrected chi connectivity index (χ4v) is 3.71. The SMILES string of the molecule is COCCNS(=O)(=O)c1cccc(C(=O)NCCc2ccc(OC)c(OC(F)F)c2)c1. The van der Waals surface area contributed by atoms with Gasteiger partial charge >= 0.3 is 6.61 Å². The van der Waals surface area contributed by atoms with Crippen LogP contribution in [-0.4, -0.2) is 54.9 Å². The smallest absolute Gasteiger partial charge is 0.387 e. The quantitative estimate of drug-likeness (QED) is 0.473. The molecule has 2 rings (SSSR count). The summed E-state index contributed by atoms with van der Waals surface area (Å²) in [6, 6.07) is 10.2. The molecule has 11 heteroatoms. The van der Waals surface area contributed by atoms with Gasteiger partial charge in [-0.3, -0.25) is 4.79 Å². The Labute approximate surface area is 179 Å². The number of ether oxygens (including phenoxy) is 3. The zero-order valence-electron chi connectivity index (χ0n) is 17.1. The molecule has 0 aliphatic carbocycles. The first-order chi connectivity index (χ1) is 14.8. The molecule has 0 bridgehead atoms. The summed E-state index contributed by atoms with van der Waals surface area (Å²) in [5.41, 5.74) is 0.821. The van der Waals surface area contributed by atoms with Crippen molar-refractivity contribution >= 4 is 15.9 Å². The second-order valence-corrected chi connectivity index (χ2v) is 8.05. The van der Waals surface area contributed by atoms with Gasteiger partial charge in [-0.2, -0.15) is 8.78 Å². The average molecular weight is 458 g/mol. The normalized spacial score (nSPS) is 11.4. The number of halogens is 2. The standard InChI is InChI=1S/C20H24F2N2O6S/c1-28-11-10-24-31(26,27)16-5-3-4-15(13-16)19(25)23-9-8-14-6-7-17(29-2)18(12-14)30-20(21)22/h3-7,12-13,20,24H,8-11H2,1-2H3,(H,23,25). The van der Waals surface area contributed by atoms with Crippen LogP contribution in [0.4, 0.5) is 8.78 Å². The van der Waals surface area contributed by atoms with Gasteiger partial charge in [0.1, 0.15) is 0 Å². The molecule has 0 aliphatic rings. The van der Waals surface area contributed by atoms with Gasteiger partial charge in [-0.15, -0.1) is 0 Å². The molecule has 0 atom stereocenters. The summed E-state index contributed by atoms with van der Waals surface area (Å²) in [5, 5.41) is 2.67. The lowest BCUT2D eigenvalue weighted by atomic mass is 10.1. The van der Waals surface area contributed by atoms with Crippen LogP contribution in [0.1, 0.15) is 15.9 Å². The molecule has 2 N–H and O–H groups in total. The Balaban J connectivity index is 1.99. The Kier molecular flexibility index (Phi) is 9.16. The molecule has 0 spiro atoms. The van der Waals surface area contributed by atoms with Gasteiger partial charge in [0, 0.05) is 25.8 Å². The first kappa shape index (κ1) is 24.5. The van der Waals surface area contributed by atoms with Gasteiger partial charge in [0.05, 0.1) is 18.6 Å². The van der Waals surface area contributed by atoms with Gasteiger partial charge in [0.15, 0.2) is 11.5 Å². The van der Waals surface area contributed by atoms with Crippen LogP contribution in [0.15, 0.2) is 47.4 Å². The van der Waals surface area contributed by atoms with E-state index in [-0.39, 0.29) is 41.7 Å². The van der Waals surface area contributed by atoms with Gasteiger partial charge in [0.25, 0.3) is 5.91 Å². The van der Waals surface area contributed by atoms with Crippen molar-refractivity contribution in [1.82, 2.24) is 10.0 Å². The number of alkyl halides is 2. The van der Waals surface area contributed by atoms with E-state index < -0.39 is 22.5 Å². The number of nitrogens with one attached hydrogen (secondary N) is 2. The molecule has 2 aromatic carbocycles. The highest BCUT2D eigenvalue weighted by Crippen LogP contribution is 2.29. The van der Waals surface area contributed by atoms with Crippen LogP contribution in [0, 0.1) is 0 Å². The molecule has 0 aromatic heterocycles. The molecule has 31 heavy (non-hydrogen) atoms. The first-order valence-corrected chi connectivity index (χ1v) is 10.7. The number of benzene rings is 2. The first-order valence-electron chi connectivity index (χ1n) is 9.25. The molecule has 0 radical (unpaired) electrons. The van der Waals surface area contributed by atoms with E-state index in [0.717, 1.165) is 0 Å². The largest absolute Gasteiger partial charge is 0.493 e. The minimum Gasteiger partial charge on any atom is -0.493 e. The maximum atomic E-state index is 12.5. The van der Waals surface area contributed by atoms with Crippen molar-refractivity contribution < 1.29 is 36.2 Å². The number of sulfonamides is 1. The van der Waals surface area contributed by atoms with Crippen molar-refractivity contribution in [1.29, 1.82) is 0 Å². The Morgan fingerprint density at radius 2 is 1.84 bits per heavy atom. The van der Waals surface area contributed by atoms with Crippen molar-refractivity contribution in [3.05, 3.63) is 53.6 Å². The van der Waals surface area contributed by atoms with Crippen LogP contribution in [0.3, 0.4) is 0 Å². The van der Waals surface area contributed by atoms with E-state index in [1.165, 1.54) is 50.6 Å². The number of hydrogen-bond acceptors (Lipinski definition) is 6. The predicted molar refractivity (Wildman–Crippen MR) is 109 cm³/mol. The summed E-state index contributed by atoms with van der Waals surface area (Å²) in [6.45, 7) is -2.47. The second-order valence-electron chi connectivity index (χ2n) is 6.29. The second kappa shape index (κ2) is 11.6. The van der Waals surface area contributed by atoms with Crippen LogP contribution in [-0.2, 0) is 21.2 Å². The molecule has 0 fully saturated rings. The van der Waals surface area contributed by atoms with Crippen molar-refractivity contribution in [3.63, 3.8) is 0 Å². The molecule has 170 valence electrons. The summed E-state index contributed by atoms with van der Waals surface area (Å²) < 4.78 is 66.2.